The normalized spacial score (nSPS) is 17.8. The highest BCUT2D eigenvalue weighted by molar-refractivity contribution is 6.17. The van der Waals surface area contributed by atoms with Gasteiger partial charge in [0.2, 0.25) is 11.8 Å². The number of rotatable bonds is 5. The van der Waals surface area contributed by atoms with Gasteiger partial charge in [0.05, 0.1) is 18.2 Å². The summed E-state index contributed by atoms with van der Waals surface area (Å²) in [4.78, 5) is 17.7. The number of pyridine rings is 1. The molecule has 1 saturated heterocycles. The van der Waals surface area contributed by atoms with Crippen LogP contribution in [0.15, 0.2) is 18.3 Å². The van der Waals surface area contributed by atoms with E-state index in [1.165, 1.54) is 0 Å². The van der Waals surface area contributed by atoms with Crippen LogP contribution in [0.3, 0.4) is 0 Å². The largest absolute Gasteiger partial charge is 0.472 e. The lowest BCUT2D eigenvalue weighted by Gasteiger charge is -2.16. The summed E-state index contributed by atoms with van der Waals surface area (Å²) in [5.41, 5.74) is 0.517. The summed E-state index contributed by atoms with van der Waals surface area (Å²) in [5, 5.41) is 8.82. The van der Waals surface area contributed by atoms with Crippen LogP contribution in [0.25, 0.3) is 0 Å². The number of aromatic nitrogens is 1. The van der Waals surface area contributed by atoms with Crippen LogP contribution in [-0.2, 0) is 4.79 Å². The summed E-state index contributed by atoms with van der Waals surface area (Å²) in [6.45, 7) is 1.27. The van der Waals surface area contributed by atoms with Crippen molar-refractivity contribution in [2.24, 2.45) is 0 Å². The first-order valence-electron chi connectivity index (χ1n) is 6.59. The van der Waals surface area contributed by atoms with Crippen LogP contribution in [0.1, 0.15) is 24.8 Å². The fraction of sp³-hybridized carbons (Fsp3) is 0.500. The third kappa shape index (κ3) is 3.84. The van der Waals surface area contributed by atoms with E-state index in [0.29, 0.717) is 43.3 Å². The number of nitriles is 1. The van der Waals surface area contributed by atoms with Gasteiger partial charge in [-0.05, 0) is 12.5 Å². The molecule has 1 aliphatic heterocycles. The number of halogens is 1. The monoisotopic (exact) mass is 293 g/mol. The van der Waals surface area contributed by atoms with E-state index in [9.17, 15) is 4.79 Å². The van der Waals surface area contributed by atoms with Crippen LogP contribution >= 0.6 is 11.6 Å². The molecule has 6 heteroatoms. The maximum atomic E-state index is 11.9. The van der Waals surface area contributed by atoms with Gasteiger partial charge in [-0.25, -0.2) is 4.98 Å². The number of hydrogen-bond donors (Lipinski definition) is 0. The van der Waals surface area contributed by atoms with Crippen LogP contribution < -0.4 is 4.74 Å². The lowest BCUT2D eigenvalue weighted by atomic mass is 10.3. The van der Waals surface area contributed by atoms with E-state index in [0.717, 1.165) is 6.42 Å². The fourth-order valence-electron chi connectivity index (χ4n) is 2.14. The minimum atomic E-state index is -0.0589. The van der Waals surface area contributed by atoms with E-state index in [4.69, 9.17) is 21.6 Å². The number of amides is 1. The Balaban J connectivity index is 1.87. The quantitative estimate of drug-likeness (QED) is 0.778. The smallest absolute Gasteiger partial charge is 0.222 e. The highest BCUT2D eigenvalue weighted by Crippen LogP contribution is 2.18. The number of nitrogens with zero attached hydrogens (tertiary/aromatic N) is 3. The van der Waals surface area contributed by atoms with Gasteiger partial charge < -0.3 is 9.64 Å². The van der Waals surface area contributed by atoms with E-state index in [2.05, 4.69) is 4.98 Å². The molecule has 1 fully saturated rings. The summed E-state index contributed by atoms with van der Waals surface area (Å²) >= 11 is 5.59. The van der Waals surface area contributed by atoms with E-state index in [1.54, 1.807) is 23.2 Å². The molecule has 20 heavy (non-hydrogen) atoms. The third-order valence-corrected chi connectivity index (χ3v) is 3.44. The first-order chi connectivity index (χ1) is 9.72. The first-order valence-corrected chi connectivity index (χ1v) is 7.13. The zero-order chi connectivity index (χ0) is 14.4. The second-order valence-electron chi connectivity index (χ2n) is 4.66. The van der Waals surface area contributed by atoms with Crippen LogP contribution in [-0.4, -0.2) is 40.9 Å². The molecule has 2 rings (SSSR count). The van der Waals surface area contributed by atoms with Crippen LogP contribution in [0.4, 0.5) is 0 Å². The van der Waals surface area contributed by atoms with Gasteiger partial charge in [0.15, 0.2) is 0 Å². The van der Waals surface area contributed by atoms with Gasteiger partial charge in [-0.3, -0.25) is 4.79 Å². The van der Waals surface area contributed by atoms with Crippen LogP contribution in [0, 0.1) is 11.3 Å². The van der Waals surface area contributed by atoms with Gasteiger partial charge in [-0.2, -0.15) is 5.26 Å². The van der Waals surface area contributed by atoms with Crippen molar-refractivity contribution in [1.29, 1.82) is 5.26 Å². The molecular weight excluding hydrogens is 278 g/mol. The highest BCUT2D eigenvalue weighted by atomic mass is 35.5. The molecule has 0 saturated carbocycles. The van der Waals surface area contributed by atoms with E-state index < -0.39 is 0 Å². The van der Waals surface area contributed by atoms with Crippen molar-refractivity contribution >= 4 is 17.5 Å². The van der Waals surface area contributed by atoms with Crippen molar-refractivity contribution in [3.63, 3.8) is 0 Å². The number of ether oxygens (including phenoxy) is 1. The Hall–Kier alpha value is -1.80. The molecule has 2 heterocycles. The minimum absolute atomic E-state index is 0.0589. The van der Waals surface area contributed by atoms with E-state index >= 15 is 0 Å². The molecule has 1 atom stereocenters. The summed E-state index contributed by atoms with van der Waals surface area (Å²) in [6.07, 6.45) is 3.46. The van der Waals surface area contributed by atoms with Crippen molar-refractivity contribution in [3.8, 4) is 11.9 Å². The average Bonchev–Trinajstić information content (AvgIpc) is 2.93. The third-order valence-electron chi connectivity index (χ3n) is 3.17. The van der Waals surface area contributed by atoms with Gasteiger partial charge in [-0.1, -0.05) is 0 Å². The topological polar surface area (TPSA) is 66.2 Å². The van der Waals surface area contributed by atoms with Crippen molar-refractivity contribution in [3.05, 3.63) is 23.9 Å². The predicted molar refractivity (Wildman–Crippen MR) is 74.5 cm³/mol. The Morgan fingerprint density at radius 2 is 2.50 bits per heavy atom. The lowest BCUT2D eigenvalue weighted by molar-refractivity contribution is -0.130. The summed E-state index contributed by atoms with van der Waals surface area (Å²) in [5.74, 6) is 1.06. The number of likely N-dealkylation sites (tertiary alicyclic amines) is 1. The lowest BCUT2D eigenvalue weighted by Crippen LogP contribution is -2.30. The van der Waals surface area contributed by atoms with Gasteiger partial charge in [0.1, 0.15) is 6.10 Å². The SMILES string of the molecule is N#Cc1ccnc(OC2CCN(C(=O)CCCCl)C2)c1. The summed E-state index contributed by atoms with van der Waals surface area (Å²) in [7, 11) is 0. The Bertz CT molecular complexity index is 515. The maximum absolute atomic E-state index is 11.9. The Kier molecular flexibility index (Phi) is 5.19. The Morgan fingerprint density at radius 3 is 3.25 bits per heavy atom. The number of carbonyl (C=O) groups excluding carboxylic acids is 1. The molecule has 1 aliphatic rings. The molecule has 0 bridgehead atoms. The molecule has 1 amide bonds. The van der Waals surface area contributed by atoms with Crippen molar-refractivity contribution in [1.82, 2.24) is 9.88 Å². The van der Waals surface area contributed by atoms with Gasteiger partial charge in [-0.15, -0.1) is 11.6 Å². The summed E-state index contributed by atoms with van der Waals surface area (Å²) in [6, 6.07) is 5.28. The predicted octanol–water partition coefficient (Wildman–Crippen LogP) is 1.95. The molecular formula is C14H16ClN3O2. The molecule has 0 radical (unpaired) electrons. The molecule has 0 spiro atoms. The van der Waals surface area contributed by atoms with Crippen molar-refractivity contribution in [2.45, 2.75) is 25.4 Å². The number of carbonyl (C=O) groups is 1. The zero-order valence-corrected chi connectivity index (χ0v) is 11.8. The Morgan fingerprint density at radius 1 is 1.65 bits per heavy atom. The fourth-order valence-corrected chi connectivity index (χ4v) is 2.27. The van der Waals surface area contributed by atoms with Crippen LogP contribution in [0.2, 0.25) is 0 Å². The highest BCUT2D eigenvalue weighted by Gasteiger charge is 2.27. The Labute approximate surface area is 123 Å². The number of hydrogen-bond acceptors (Lipinski definition) is 4. The molecule has 1 aromatic rings. The zero-order valence-electron chi connectivity index (χ0n) is 11.1. The molecule has 5 nitrogen and oxygen atoms in total. The molecule has 106 valence electrons. The first kappa shape index (κ1) is 14.6. The van der Waals surface area contributed by atoms with Crippen molar-refractivity contribution in [2.75, 3.05) is 19.0 Å². The number of alkyl halides is 1. The summed E-state index contributed by atoms with van der Waals surface area (Å²) < 4.78 is 5.72. The van der Waals surface area contributed by atoms with E-state index in [1.807, 2.05) is 6.07 Å². The molecule has 0 N–H and O–H groups in total. The molecule has 1 unspecified atom stereocenters. The maximum Gasteiger partial charge on any atom is 0.222 e. The second kappa shape index (κ2) is 7.11. The van der Waals surface area contributed by atoms with E-state index in [-0.39, 0.29) is 12.0 Å². The second-order valence-corrected chi connectivity index (χ2v) is 5.03. The standard InChI is InChI=1S/C14H16ClN3O2/c15-5-1-2-14(19)18-7-4-12(10-18)20-13-8-11(9-16)3-6-17-13/h3,6,8,12H,1-2,4-5,7,10H2. The average molecular weight is 294 g/mol. The van der Waals surface area contributed by atoms with Crippen molar-refractivity contribution < 1.29 is 9.53 Å². The van der Waals surface area contributed by atoms with Gasteiger partial charge in [0.25, 0.3) is 0 Å². The van der Waals surface area contributed by atoms with Gasteiger partial charge in [0, 0.05) is 37.5 Å². The molecule has 0 aromatic carbocycles. The van der Waals surface area contributed by atoms with Gasteiger partial charge >= 0.3 is 0 Å². The molecule has 0 aliphatic carbocycles. The van der Waals surface area contributed by atoms with Crippen LogP contribution in [0.5, 0.6) is 5.88 Å². The molecule has 1 aromatic heterocycles. The minimum Gasteiger partial charge on any atom is -0.472 e.